The van der Waals surface area contributed by atoms with E-state index in [9.17, 15) is 5.11 Å². The van der Waals surface area contributed by atoms with E-state index in [1.54, 1.807) is 25.3 Å². The van der Waals surface area contributed by atoms with Crippen molar-refractivity contribution in [2.45, 2.75) is 32.9 Å². The first-order valence-electron chi connectivity index (χ1n) is 7.72. The van der Waals surface area contributed by atoms with Crippen molar-refractivity contribution in [2.24, 2.45) is 4.99 Å². The number of aromatic nitrogens is 1. The molecule has 2 heterocycles. The molecular formula is C17H24N4O2. The minimum Gasteiger partial charge on any atom is -0.466 e. The number of nitrogens with one attached hydrogen (secondary N) is 2. The second-order valence-electron chi connectivity index (χ2n) is 5.57. The maximum Gasteiger partial charge on any atom is 0.191 e. The average Bonchev–Trinajstić information content (AvgIpc) is 3.05. The van der Waals surface area contributed by atoms with Crippen LogP contribution >= 0.6 is 0 Å². The van der Waals surface area contributed by atoms with Crippen LogP contribution in [0.25, 0.3) is 0 Å². The second kappa shape index (κ2) is 7.78. The number of hydrogen-bond acceptors (Lipinski definition) is 4. The lowest BCUT2D eigenvalue weighted by molar-refractivity contribution is 0.0386. The maximum absolute atomic E-state index is 10.5. The molecule has 0 aromatic carbocycles. The van der Waals surface area contributed by atoms with Gasteiger partial charge in [-0.1, -0.05) is 6.07 Å². The van der Waals surface area contributed by atoms with E-state index in [4.69, 9.17) is 4.42 Å². The van der Waals surface area contributed by atoms with Crippen molar-refractivity contribution >= 4 is 5.96 Å². The number of aliphatic hydroxyl groups is 1. The smallest absolute Gasteiger partial charge is 0.191 e. The van der Waals surface area contributed by atoms with Gasteiger partial charge in [0.1, 0.15) is 11.4 Å². The van der Waals surface area contributed by atoms with E-state index in [1.807, 2.05) is 32.0 Å². The summed E-state index contributed by atoms with van der Waals surface area (Å²) < 4.78 is 5.27. The lowest BCUT2D eigenvalue weighted by Crippen LogP contribution is -2.44. The molecule has 0 radical (unpaired) electrons. The quantitative estimate of drug-likeness (QED) is 0.560. The van der Waals surface area contributed by atoms with Gasteiger partial charge < -0.3 is 20.2 Å². The summed E-state index contributed by atoms with van der Waals surface area (Å²) >= 11 is 0. The zero-order valence-electron chi connectivity index (χ0n) is 13.8. The van der Waals surface area contributed by atoms with E-state index in [2.05, 4.69) is 20.6 Å². The number of guanidine groups is 1. The highest BCUT2D eigenvalue weighted by atomic mass is 16.4. The zero-order valence-corrected chi connectivity index (χ0v) is 13.8. The van der Waals surface area contributed by atoms with Crippen LogP contribution in [0.3, 0.4) is 0 Å². The molecule has 0 amide bonds. The Morgan fingerprint density at radius 1 is 1.30 bits per heavy atom. The largest absolute Gasteiger partial charge is 0.466 e. The molecule has 0 fully saturated rings. The van der Waals surface area contributed by atoms with Gasteiger partial charge in [0, 0.05) is 12.2 Å². The molecule has 2 aromatic heterocycles. The molecule has 23 heavy (non-hydrogen) atoms. The highest BCUT2D eigenvalue weighted by Crippen LogP contribution is 2.19. The molecule has 0 saturated heterocycles. The number of pyridine rings is 1. The van der Waals surface area contributed by atoms with Crippen LogP contribution in [-0.4, -0.2) is 29.1 Å². The van der Waals surface area contributed by atoms with Gasteiger partial charge in [-0.05, 0) is 45.0 Å². The Hall–Kier alpha value is -2.34. The van der Waals surface area contributed by atoms with Gasteiger partial charge in [0.05, 0.1) is 25.0 Å². The third-order valence-corrected chi connectivity index (χ3v) is 3.34. The van der Waals surface area contributed by atoms with Crippen LogP contribution in [0.1, 0.15) is 31.0 Å². The highest BCUT2D eigenvalue weighted by molar-refractivity contribution is 5.79. The molecule has 0 aliphatic heterocycles. The van der Waals surface area contributed by atoms with Gasteiger partial charge in [-0.15, -0.1) is 0 Å². The van der Waals surface area contributed by atoms with Gasteiger partial charge in [0.25, 0.3) is 0 Å². The van der Waals surface area contributed by atoms with Crippen molar-refractivity contribution in [2.75, 3.05) is 13.1 Å². The fourth-order valence-corrected chi connectivity index (χ4v) is 2.12. The number of nitrogens with zero attached hydrogens (tertiary/aromatic N) is 2. The Morgan fingerprint density at radius 3 is 2.78 bits per heavy atom. The van der Waals surface area contributed by atoms with Crippen LogP contribution in [0.2, 0.25) is 0 Å². The van der Waals surface area contributed by atoms with E-state index >= 15 is 0 Å². The van der Waals surface area contributed by atoms with Crippen molar-refractivity contribution in [3.63, 3.8) is 0 Å². The predicted octanol–water partition coefficient (Wildman–Crippen LogP) is 1.95. The summed E-state index contributed by atoms with van der Waals surface area (Å²) in [5.41, 5.74) is 0.762. The molecule has 2 aromatic rings. The monoisotopic (exact) mass is 316 g/mol. The first kappa shape index (κ1) is 17.0. The van der Waals surface area contributed by atoms with E-state index < -0.39 is 5.60 Å². The normalized spacial score (nSPS) is 14.3. The predicted molar refractivity (Wildman–Crippen MR) is 90.1 cm³/mol. The molecule has 2 rings (SSSR count). The van der Waals surface area contributed by atoms with Gasteiger partial charge in [-0.2, -0.15) is 0 Å². The highest BCUT2D eigenvalue weighted by Gasteiger charge is 2.26. The van der Waals surface area contributed by atoms with E-state index in [1.165, 1.54) is 0 Å². The fraction of sp³-hybridized carbons (Fsp3) is 0.412. The fourth-order valence-electron chi connectivity index (χ4n) is 2.12. The maximum atomic E-state index is 10.5. The minimum absolute atomic E-state index is 0.285. The summed E-state index contributed by atoms with van der Waals surface area (Å²) in [6.07, 6.45) is 1.55. The summed E-state index contributed by atoms with van der Waals surface area (Å²) in [6.45, 7) is 7.14. The van der Waals surface area contributed by atoms with Gasteiger partial charge in [0.15, 0.2) is 5.96 Å². The SMILES string of the molecule is CCNC(=NCc1cccc(C)n1)NCC(C)(O)c1ccco1. The van der Waals surface area contributed by atoms with Crippen LogP contribution < -0.4 is 10.6 Å². The molecule has 6 nitrogen and oxygen atoms in total. The molecule has 124 valence electrons. The third-order valence-electron chi connectivity index (χ3n) is 3.34. The molecular weight excluding hydrogens is 292 g/mol. The molecule has 3 N–H and O–H groups in total. The molecule has 0 bridgehead atoms. The molecule has 0 spiro atoms. The molecule has 1 unspecified atom stereocenters. The molecule has 0 aliphatic rings. The first-order chi connectivity index (χ1) is 11.0. The molecule has 1 atom stereocenters. The Bertz CT molecular complexity index is 636. The second-order valence-corrected chi connectivity index (χ2v) is 5.57. The van der Waals surface area contributed by atoms with E-state index in [-0.39, 0.29) is 6.54 Å². The Morgan fingerprint density at radius 2 is 2.13 bits per heavy atom. The van der Waals surface area contributed by atoms with Crippen LogP contribution in [-0.2, 0) is 12.1 Å². The Balaban J connectivity index is 1.99. The van der Waals surface area contributed by atoms with Crippen LogP contribution in [0.4, 0.5) is 0 Å². The van der Waals surface area contributed by atoms with Crippen LogP contribution in [0.5, 0.6) is 0 Å². The summed E-state index contributed by atoms with van der Waals surface area (Å²) in [5.74, 6) is 1.14. The number of hydrogen-bond donors (Lipinski definition) is 3. The number of aliphatic imine (C=N–C) groups is 1. The first-order valence-corrected chi connectivity index (χ1v) is 7.72. The van der Waals surface area contributed by atoms with Gasteiger partial charge in [0.2, 0.25) is 0 Å². The van der Waals surface area contributed by atoms with Gasteiger partial charge in [-0.25, -0.2) is 4.99 Å². The Kier molecular flexibility index (Phi) is 5.76. The van der Waals surface area contributed by atoms with Crippen molar-refractivity contribution in [3.05, 3.63) is 53.7 Å². The van der Waals surface area contributed by atoms with Crippen molar-refractivity contribution in [3.8, 4) is 0 Å². The lowest BCUT2D eigenvalue weighted by atomic mass is 10.0. The average molecular weight is 316 g/mol. The summed E-state index contributed by atoms with van der Waals surface area (Å²) in [5, 5.41) is 16.8. The van der Waals surface area contributed by atoms with Crippen LogP contribution in [0, 0.1) is 6.92 Å². The van der Waals surface area contributed by atoms with Gasteiger partial charge in [-0.3, -0.25) is 4.98 Å². The van der Waals surface area contributed by atoms with E-state index in [0.29, 0.717) is 18.3 Å². The van der Waals surface area contributed by atoms with Crippen molar-refractivity contribution < 1.29 is 9.52 Å². The van der Waals surface area contributed by atoms with Crippen LogP contribution in [0.15, 0.2) is 46.0 Å². The minimum atomic E-state index is -1.11. The third kappa shape index (κ3) is 5.10. The number of aryl methyl sites for hydroxylation is 1. The zero-order chi connectivity index (χ0) is 16.7. The standard InChI is InChI=1S/C17H24N4O2/c1-4-18-16(19-11-14-8-5-7-13(2)21-14)20-12-17(3,22)15-9-6-10-23-15/h5-10,22H,4,11-12H2,1-3H3,(H2,18,19,20). The topological polar surface area (TPSA) is 82.7 Å². The lowest BCUT2D eigenvalue weighted by Gasteiger charge is -2.22. The van der Waals surface area contributed by atoms with E-state index in [0.717, 1.165) is 17.9 Å². The summed E-state index contributed by atoms with van der Waals surface area (Å²) in [7, 11) is 0. The summed E-state index contributed by atoms with van der Waals surface area (Å²) in [4.78, 5) is 8.93. The number of rotatable bonds is 6. The van der Waals surface area contributed by atoms with Gasteiger partial charge >= 0.3 is 0 Å². The molecule has 0 saturated carbocycles. The molecule has 0 aliphatic carbocycles. The Labute approximate surface area is 136 Å². The summed E-state index contributed by atoms with van der Waals surface area (Å²) in [6, 6.07) is 9.38. The van der Waals surface area contributed by atoms with Crippen molar-refractivity contribution in [1.29, 1.82) is 0 Å². The number of furan rings is 1. The molecule has 6 heteroatoms. The van der Waals surface area contributed by atoms with Crippen molar-refractivity contribution in [1.82, 2.24) is 15.6 Å².